The van der Waals surface area contributed by atoms with Crippen molar-refractivity contribution in [1.29, 1.82) is 0 Å². The molecule has 4 nitrogen and oxygen atoms in total. The second kappa shape index (κ2) is 7.94. The van der Waals surface area contributed by atoms with Crippen LogP contribution in [0.5, 0.6) is 0 Å². The number of benzene rings is 1. The molecule has 1 aliphatic rings. The van der Waals surface area contributed by atoms with Crippen molar-refractivity contribution in [2.75, 3.05) is 18.4 Å². The van der Waals surface area contributed by atoms with E-state index in [4.69, 9.17) is 4.74 Å². The molecule has 1 aromatic rings. The summed E-state index contributed by atoms with van der Waals surface area (Å²) in [5, 5.41) is 3.57. The van der Waals surface area contributed by atoms with Crippen LogP contribution in [0.2, 0.25) is 0 Å². The molecule has 0 aliphatic carbocycles. The van der Waals surface area contributed by atoms with Crippen LogP contribution in [0, 0.1) is 11.8 Å². The normalized spacial score (nSPS) is 15.5. The topological polar surface area (TPSA) is 41.6 Å². The molecule has 130 valence electrons. The summed E-state index contributed by atoms with van der Waals surface area (Å²) in [5.41, 5.74) is 1.57. The molecule has 1 saturated heterocycles. The number of anilines is 1. The third kappa shape index (κ3) is 5.17. The summed E-state index contributed by atoms with van der Waals surface area (Å²) in [5.74, 6) is 6.10. The zero-order valence-corrected chi connectivity index (χ0v) is 16.4. The second-order valence-electron chi connectivity index (χ2n) is 6.92. The molecule has 1 aromatic carbocycles. The maximum absolute atomic E-state index is 12.1. The van der Waals surface area contributed by atoms with Gasteiger partial charge in [-0.1, -0.05) is 12.0 Å². The summed E-state index contributed by atoms with van der Waals surface area (Å²) >= 11 is 3.56. The van der Waals surface area contributed by atoms with Crippen molar-refractivity contribution >= 4 is 27.7 Å². The minimum absolute atomic E-state index is 0.221. The van der Waals surface area contributed by atoms with Crippen LogP contribution < -0.4 is 5.32 Å². The molecular weight excluding hydrogens is 368 g/mol. The van der Waals surface area contributed by atoms with Crippen molar-refractivity contribution in [3.63, 3.8) is 0 Å². The number of rotatable bonds is 2. The maximum atomic E-state index is 12.1. The molecule has 0 radical (unpaired) electrons. The van der Waals surface area contributed by atoms with Gasteiger partial charge in [0.05, 0.1) is 11.3 Å². The van der Waals surface area contributed by atoms with E-state index in [2.05, 4.69) is 33.1 Å². The lowest BCUT2D eigenvalue weighted by atomic mass is 10.0. The van der Waals surface area contributed by atoms with Gasteiger partial charge in [0.1, 0.15) is 5.60 Å². The van der Waals surface area contributed by atoms with Crippen LogP contribution in [0.1, 0.15) is 46.1 Å². The Labute approximate surface area is 153 Å². The van der Waals surface area contributed by atoms with Crippen molar-refractivity contribution < 1.29 is 9.53 Å². The highest BCUT2D eigenvalue weighted by molar-refractivity contribution is 9.10. The Kier molecular flexibility index (Phi) is 6.17. The van der Waals surface area contributed by atoms with E-state index in [-0.39, 0.29) is 6.09 Å². The highest BCUT2D eigenvalue weighted by Gasteiger charge is 2.27. The predicted octanol–water partition coefficient (Wildman–Crippen LogP) is 4.63. The van der Waals surface area contributed by atoms with E-state index >= 15 is 0 Å². The Morgan fingerprint density at radius 1 is 1.33 bits per heavy atom. The summed E-state index contributed by atoms with van der Waals surface area (Å²) in [7, 11) is 0. The van der Waals surface area contributed by atoms with Gasteiger partial charge in [-0.15, -0.1) is 5.92 Å². The Bertz CT molecular complexity index is 648. The van der Waals surface area contributed by atoms with Crippen molar-refractivity contribution in [3.05, 3.63) is 28.2 Å². The number of nitrogens with one attached hydrogen (secondary N) is 1. The molecule has 0 saturated carbocycles. The zero-order chi connectivity index (χ0) is 17.7. The van der Waals surface area contributed by atoms with E-state index in [0.717, 1.165) is 28.6 Å². The minimum atomic E-state index is -0.448. The molecule has 1 fully saturated rings. The van der Waals surface area contributed by atoms with Gasteiger partial charge in [0.25, 0.3) is 0 Å². The van der Waals surface area contributed by atoms with Gasteiger partial charge in [-0.25, -0.2) is 4.79 Å². The first-order chi connectivity index (χ1) is 11.3. The number of carbonyl (C=O) groups is 1. The molecule has 0 bridgehead atoms. The lowest BCUT2D eigenvalue weighted by Gasteiger charge is -2.34. The Hall–Kier alpha value is -1.67. The summed E-state index contributed by atoms with van der Waals surface area (Å²) in [6, 6.07) is 6.37. The molecule has 0 atom stereocenters. The third-order valence-corrected chi connectivity index (χ3v) is 4.43. The summed E-state index contributed by atoms with van der Waals surface area (Å²) in [6.07, 6.45) is 1.57. The molecule has 0 spiro atoms. The van der Waals surface area contributed by atoms with Crippen LogP contribution in [-0.2, 0) is 4.74 Å². The van der Waals surface area contributed by atoms with Crippen LogP contribution in [0.3, 0.4) is 0 Å². The van der Waals surface area contributed by atoms with Gasteiger partial charge in [-0.2, -0.15) is 0 Å². The smallest absolute Gasteiger partial charge is 0.410 e. The molecule has 2 rings (SSSR count). The van der Waals surface area contributed by atoms with E-state index in [9.17, 15) is 4.79 Å². The Balaban J connectivity index is 1.95. The molecule has 1 heterocycles. The van der Waals surface area contributed by atoms with Gasteiger partial charge in [0, 0.05) is 23.6 Å². The number of ether oxygens (including phenoxy) is 1. The Morgan fingerprint density at radius 2 is 2.00 bits per heavy atom. The van der Waals surface area contributed by atoms with Crippen molar-refractivity contribution in [3.8, 4) is 11.8 Å². The largest absolute Gasteiger partial charge is 0.444 e. The number of hydrogen-bond donors (Lipinski definition) is 1. The number of carbonyl (C=O) groups excluding carboxylic acids is 1. The third-order valence-electron chi connectivity index (χ3n) is 3.77. The van der Waals surface area contributed by atoms with E-state index < -0.39 is 5.60 Å². The van der Waals surface area contributed by atoms with E-state index in [1.807, 2.05) is 45.9 Å². The fourth-order valence-electron chi connectivity index (χ4n) is 2.65. The van der Waals surface area contributed by atoms with E-state index in [0.29, 0.717) is 19.1 Å². The SMILES string of the molecule is CC#Cc1c(Br)cccc1NC1CCN(C(=O)OC(C)(C)C)CC1. The minimum Gasteiger partial charge on any atom is -0.444 e. The fourth-order valence-corrected chi connectivity index (χ4v) is 3.11. The van der Waals surface area contributed by atoms with Crippen molar-refractivity contribution in [2.24, 2.45) is 0 Å². The summed E-state index contributed by atoms with van der Waals surface area (Å²) < 4.78 is 6.43. The highest BCUT2D eigenvalue weighted by Crippen LogP contribution is 2.26. The molecule has 1 aliphatic heterocycles. The lowest BCUT2D eigenvalue weighted by Crippen LogP contribution is -2.44. The average Bonchev–Trinajstić information content (AvgIpc) is 2.50. The average molecular weight is 393 g/mol. The number of amides is 1. The number of likely N-dealkylation sites (tertiary alicyclic amines) is 1. The standard InChI is InChI=1S/C19H25BrN2O2/c1-5-7-15-16(20)8-6-9-17(15)21-14-10-12-22(13-11-14)18(23)24-19(2,3)4/h6,8-9,14,21H,10-13H2,1-4H3. The fraction of sp³-hybridized carbons (Fsp3) is 0.526. The van der Waals surface area contributed by atoms with Crippen molar-refractivity contribution in [1.82, 2.24) is 4.90 Å². The molecular formula is C19H25BrN2O2. The van der Waals surface area contributed by atoms with Crippen LogP contribution in [0.15, 0.2) is 22.7 Å². The quantitative estimate of drug-likeness (QED) is 0.745. The second-order valence-corrected chi connectivity index (χ2v) is 7.78. The molecule has 1 N–H and O–H groups in total. The monoisotopic (exact) mass is 392 g/mol. The molecule has 0 aromatic heterocycles. The number of hydrogen-bond acceptors (Lipinski definition) is 3. The van der Waals surface area contributed by atoms with Gasteiger partial charge >= 0.3 is 6.09 Å². The van der Waals surface area contributed by atoms with E-state index in [1.54, 1.807) is 4.90 Å². The van der Waals surface area contributed by atoms with Gasteiger partial charge in [-0.3, -0.25) is 0 Å². The number of nitrogens with zero attached hydrogens (tertiary/aromatic N) is 1. The van der Waals surface area contributed by atoms with Gasteiger partial charge in [0.2, 0.25) is 0 Å². The number of halogens is 1. The molecule has 24 heavy (non-hydrogen) atoms. The molecule has 0 unspecified atom stereocenters. The molecule has 1 amide bonds. The first-order valence-corrected chi connectivity index (χ1v) is 9.05. The van der Waals surface area contributed by atoms with Crippen LogP contribution in [0.4, 0.5) is 10.5 Å². The predicted molar refractivity (Wildman–Crippen MR) is 101 cm³/mol. The number of piperidine rings is 1. The Morgan fingerprint density at radius 3 is 2.58 bits per heavy atom. The van der Waals surface area contributed by atoms with Crippen LogP contribution in [0.25, 0.3) is 0 Å². The summed E-state index contributed by atoms with van der Waals surface area (Å²) in [4.78, 5) is 13.9. The van der Waals surface area contributed by atoms with Crippen LogP contribution in [-0.4, -0.2) is 35.7 Å². The first kappa shape index (κ1) is 18.7. The first-order valence-electron chi connectivity index (χ1n) is 8.26. The summed E-state index contributed by atoms with van der Waals surface area (Å²) in [6.45, 7) is 8.92. The van der Waals surface area contributed by atoms with Gasteiger partial charge in [0.15, 0.2) is 0 Å². The zero-order valence-electron chi connectivity index (χ0n) is 14.8. The van der Waals surface area contributed by atoms with Gasteiger partial charge in [-0.05, 0) is 68.6 Å². The highest BCUT2D eigenvalue weighted by atomic mass is 79.9. The lowest BCUT2D eigenvalue weighted by molar-refractivity contribution is 0.0210. The van der Waals surface area contributed by atoms with E-state index in [1.165, 1.54) is 0 Å². The maximum Gasteiger partial charge on any atom is 0.410 e. The molecule has 5 heteroatoms. The van der Waals surface area contributed by atoms with Gasteiger partial charge < -0.3 is 15.0 Å². The van der Waals surface area contributed by atoms with Crippen molar-refractivity contribution in [2.45, 2.75) is 52.2 Å². The van der Waals surface area contributed by atoms with Crippen LogP contribution >= 0.6 is 15.9 Å².